The average molecular weight is 118 g/mol. The van der Waals surface area contributed by atoms with E-state index < -0.39 is 11.2 Å². The Morgan fingerprint density at radius 1 is 1.29 bits per heavy atom. The number of nitrogens with zero attached hydrogens (tertiary/aromatic N) is 1. The maximum Gasteiger partial charge on any atom is 0.119 e. The van der Waals surface area contributed by atoms with Crippen LogP contribution in [0.25, 0.3) is 0 Å². The van der Waals surface area contributed by atoms with Gasteiger partial charge in [0.1, 0.15) is 11.5 Å². The lowest BCUT2D eigenvalue weighted by Gasteiger charge is -2.14. The Morgan fingerprint density at radius 3 is 2.14 bits per heavy atom. The number of hydrogen-bond donors (Lipinski definition) is 0. The third kappa shape index (κ3) is 1.67. The van der Waals surface area contributed by atoms with E-state index in [1.54, 1.807) is 0 Å². The summed E-state index contributed by atoms with van der Waals surface area (Å²) in [7, 11) is 0. The molecule has 0 spiro atoms. The molecule has 41 valence electrons. The molecule has 1 rings (SSSR count). The van der Waals surface area contributed by atoms with Crippen LogP contribution in [0.4, 0.5) is 0 Å². The van der Waals surface area contributed by atoms with E-state index in [-0.39, 0.29) is 0 Å². The highest BCUT2D eigenvalue weighted by Crippen LogP contribution is 1.92. The molecule has 2 nitrogen and oxygen atoms in total. The lowest BCUT2D eigenvalue weighted by Crippen LogP contribution is -2.31. The van der Waals surface area contributed by atoms with Gasteiger partial charge in [0.25, 0.3) is 0 Å². The first kappa shape index (κ1) is 5.41. The normalized spacial score (nSPS) is 25.3. The van der Waals surface area contributed by atoms with Crippen molar-refractivity contribution < 1.29 is 4.55 Å². The average Bonchev–Trinajstić information content (AvgIpc) is 1.69. The molecule has 3 heteroatoms. The molecule has 0 aromatic carbocycles. The molecule has 0 aromatic rings. The molecule has 1 fully saturated rings. The molecule has 1 radical (unpaired) electrons. The van der Waals surface area contributed by atoms with Gasteiger partial charge in [-0.1, -0.05) is 11.2 Å². The van der Waals surface area contributed by atoms with Gasteiger partial charge in [0.15, 0.2) is 0 Å². The molecule has 0 amide bonds. The molecule has 1 aliphatic rings. The summed E-state index contributed by atoms with van der Waals surface area (Å²) in [5, 5.41) is 4.03. The fourth-order valence-electron chi connectivity index (χ4n) is 0.547. The fraction of sp³-hybridized carbons (Fsp3) is 1.00. The van der Waals surface area contributed by atoms with Gasteiger partial charge in [-0.2, -0.15) is 0 Å². The monoisotopic (exact) mass is 118 g/mol. The molecule has 7 heavy (non-hydrogen) atoms. The number of rotatable bonds is 0. The molecule has 0 N–H and O–H groups in total. The van der Waals surface area contributed by atoms with E-state index in [1.807, 2.05) is 0 Å². The van der Waals surface area contributed by atoms with Crippen LogP contribution in [0.1, 0.15) is 0 Å². The standard InChI is InChI=1S/C4H8NOS/c6-7-3-1-5-2-4-7/h1-4H2. The summed E-state index contributed by atoms with van der Waals surface area (Å²) >= 11 is -0.534. The molecular formula is C4H8NOS. The molecule has 0 atom stereocenters. The molecule has 0 unspecified atom stereocenters. The van der Waals surface area contributed by atoms with E-state index in [1.165, 1.54) is 0 Å². The third-order valence-electron chi connectivity index (χ3n) is 0.954. The first-order chi connectivity index (χ1) is 3.39. The molecule has 0 bridgehead atoms. The van der Waals surface area contributed by atoms with Gasteiger partial charge in [-0.15, -0.1) is 0 Å². The maximum absolute atomic E-state index is 10.5. The van der Waals surface area contributed by atoms with Crippen molar-refractivity contribution in [2.24, 2.45) is 0 Å². The highest BCUT2D eigenvalue weighted by Gasteiger charge is 2.10. The van der Waals surface area contributed by atoms with Crippen molar-refractivity contribution in [1.82, 2.24) is 5.32 Å². The zero-order chi connectivity index (χ0) is 5.11. The minimum atomic E-state index is -0.534. The van der Waals surface area contributed by atoms with Gasteiger partial charge in [0, 0.05) is 0 Å². The smallest absolute Gasteiger partial charge is 0.119 e. The Hall–Kier alpha value is 0.270. The van der Waals surface area contributed by atoms with Gasteiger partial charge in [-0.05, 0) is 0 Å². The van der Waals surface area contributed by atoms with Gasteiger partial charge in [-0.25, -0.2) is 5.32 Å². The largest absolute Gasteiger partial charge is 0.616 e. The summed E-state index contributed by atoms with van der Waals surface area (Å²) in [5.74, 6) is 1.58. The Bertz CT molecular complexity index is 53.7. The van der Waals surface area contributed by atoms with Crippen LogP contribution in [-0.4, -0.2) is 29.1 Å². The first-order valence-corrected chi connectivity index (χ1v) is 3.86. The van der Waals surface area contributed by atoms with Gasteiger partial charge < -0.3 is 4.55 Å². The van der Waals surface area contributed by atoms with Crippen molar-refractivity contribution >= 4 is 11.2 Å². The van der Waals surface area contributed by atoms with Gasteiger partial charge in [-0.3, -0.25) is 0 Å². The van der Waals surface area contributed by atoms with Crippen LogP contribution in [0, 0.1) is 0 Å². The second-order valence-electron chi connectivity index (χ2n) is 1.52. The SMILES string of the molecule is [O-][S+]1CC[N]CC1. The predicted octanol–water partition coefficient (Wildman–Crippen LogP) is -0.647. The molecule has 1 aliphatic heterocycles. The summed E-state index contributed by atoms with van der Waals surface area (Å²) in [6.45, 7) is 1.62. The van der Waals surface area contributed by atoms with Crippen LogP contribution in [-0.2, 0) is 11.2 Å². The van der Waals surface area contributed by atoms with Crippen molar-refractivity contribution in [2.75, 3.05) is 24.6 Å². The zero-order valence-electron chi connectivity index (χ0n) is 4.09. The van der Waals surface area contributed by atoms with Crippen molar-refractivity contribution in [3.63, 3.8) is 0 Å². The highest BCUT2D eigenvalue weighted by atomic mass is 32.2. The van der Waals surface area contributed by atoms with Crippen molar-refractivity contribution in [3.8, 4) is 0 Å². The lowest BCUT2D eigenvalue weighted by atomic mass is 10.6. The summed E-state index contributed by atoms with van der Waals surface area (Å²) in [4.78, 5) is 0. The summed E-state index contributed by atoms with van der Waals surface area (Å²) < 4.78 is 10.5. The van der Waals surface area contributed by atoms with Crippen LogP contribution in [0.2, 0.25) is 0 Å². The van der Waals surface area contributed by atoms with E-state index in [2.05, 4.69) is 5.32 Å². The number of hydrogen-bond acceptors (Lipinski definition) is 1. The molecular weight excluding hydrogens is 110 g/mol. The molecule has 0 aliphatic carbocycles. The second-order valence-corrected chi connectivity index (χ2v) is 3.22. The molecule has 1 heterocycles. The molecule has 1 saturated heterocycles. The molecule has 0 saturated carbocycles. The van der Waals surface area contributed by atoms with Crippen LogP contribution >= 0.6 is 0 Å². The minimum absolute atomic E-state index is 0.534. The second kappa shape index (κ2) is 2.55. The Balaban J connectivity index is 2.12. The summed E-state index contributed by atoms with van der Waals surface area (Å²) in [6.07, 6.45) is 0. The lowest BCUT2D eigenvalue weighted by molar-refractivity contribution is 0.574. The van der Waals surface area contributed by atoms with E-state index >= 15 is 0 Å². The van der Waals surface area contributed by atoms with Crippen LogP contribution < -0.4 is 5.32 Å². The quantitative estimate of drug-likeness (QED) is 0.389. The van der Waals surface area contributed by atoms with Crippen molar-refractivity contribution in [3.05, 3.63) is 0 Å². The fourth-order valence-corrected chi connectivity index (χ4v) is 1.42. The summed E-state index contributed by atoms with van der Waals surface area (Å²) in [6, 6.07) is 0. The van der Waals surface area contributed by atoms with Crippen LogP contribution in [0.15, 0.2) is 0 Å². The van der Waals surface area contributed by atoms with Crippen molar-refractivity contribution in [1.29, 1.82) is 0 Å². The van der Waals surface area contributed by atoms with E-state index in [0.717, 1.165) is 24.6 Å². The topological polar surface area (TPSA) is 37.2 Å². The zero-order valence-corrected chi connectivity index (χ0v) is 4.91. The molecule has 0 aromatic heterocycles. The van der Waals surface area contributed by atoms with Crippen LogP contribution in [0.3, 0.4) is 0 Å². The van der Waals surface area contributed by atoms with E-state index in [0.29, 0.717) is 0 Å². The van der Waals surface area contributed by atoms with E-state index in [4.69, 9.17) is 0 Å². The van der Waals surface area contributed by atoms with Gasteiger partial charge in [0.2, 0.25) is 0 Å². The minimum Gasteiger partial charge on any atom is -0.616 e. The predicted molar refractivity (Wildman–Crippen MR) is 29.7 cm³/mol. The van der Waals surface area contributed by atoms with Gasteiger partial charge >= 0.3 is 0 Å². The summed E-state index contributed by atoms with van der Waals surface area (Å²) in [5.41, 5.74) is 0. The highest BCUT2D eigenvalue weighted by molar-refractivity contribution is 7.91. The Kier molecular flexibility index (Phi) is 1.97. The van der Waals surface area contributed by atoms with Crippen LogP contribution in [0.5, 0.6) is 0 Å². The van der Waals surface area contributed by atoms with Gasteiger partial charge in [0.05, 0.1) is 13.1 Å². The Labute approximate surface area is 46.5 Å². The third-order valence-corrected chi connectivity index (χ3v) is 2.23. The Morgan fingerprint density at radius 2 is 1.86 bits per heavy atom. The van der Waals surface area contributed by atoms with Crippen molar-refractivity contribution in [2.45, 2.75) is 0 Å². The maximum atomic E-state index is 10.5. The first-order valence-electron chi connectivity index (χ1n) is 2.38. The van der Waals surface area contributed by atoms with E-state index in [9.17, 15) is 4.55 Å².